The van der Waals surface area contributed by atoms with Crippen LogP contribution in [0.2, 0.25) is 0 Å². The molecule has 1 aliphatic heterocycles. The Labute approximate surface area is 189 Å². The van der Waals surface area contributed by atoms with Crippen molar-refractivity contribution >= 4 is 11.7 Å². The highest BCUT2D eigenvalue weighted by Crippen LogP contribution is 2.49. The van der Waals surface area contributed by atoms with E-state index < -0.39 is 0 Å². The number of likely N-dealkylation sites (N-methyl/N-ethyl adjacent to an activating group) is 1. The molecule has 2 aromatic rings. The van der Waals surface area contributed by atoms with Crippen molar-refractivity contribution in [3.8, 4) is 17.6 Å². The third-order valence-electron chi connectivity index (χ3n) is 6.92. The van der Waals surface area contributed by atoms with Gasteiger partial charge in [0.25, 0.3) is 0 Å². The van der Waals surface area contributed by atoms with Crippen molar-refractivity contribution in [2.75, 3.05) is 39.7 Å². The smallest absolute Gasteiger partial charge is 0.319 e. The molecule has 2 aromatic carbocycles. The molecule has 1 aliphatic carbocycles. The maximum Gasteiger partial charge on any atom is 0.319 e. The fourth-order valence-electron chi connectivity index (χ4n) is 5.47. The van der Waals surface area contributed by atoms with Gasteiger partial charge in [0.2, 0.25) is 0 Å². The Bertz CT molecular complexity index is 1030. The molecule has 32 heavy (non-hydrogen) atoms. The minimum Gasteiger partial charge on any atom is -0.493 e. The predicted molar refractivity (Wildman–Crippen MR) is 123 cm³/mol. The Kier molecular flexibility index (Phi) is 6.24. The molecule has 1 saturated heterocycles. The molecule has 1 heterocycles. The first-order chi connectivity index (χ1) is 15.5. The second kappa shape index (κ2) is 9.09. The summed E-state index contributed by atoms with van der Waals surface area (Å²) in [7, 11) is 5.49. The van der Waals surface area contributed by atoms with Gasteiger partial charge in [-0.2, -0.15) is 5.26 Å². The average molecular weight is 435 g/mol. The first-order valence-electron chi connectivity index (χ1n) is 11.0. The number of carbonyl (C=O) groups excluding carboxylic acids is 1. The normalized spacial score (nSPS) is 24.8. The van der Waals surface area contributed by atoms with Gasteiger partial charge in [-0.1, -0.05) is 12.1 Å². The van der Waals surface area contributed by atoms with Gasteiger partial charge in [-0.05, 0) is 68.1 Å². The summed E-state index contributed by atoms with van der Waals surface area (Å²) in [6.07, 6.45) is 2.82. The van der Waals surface area contributed by atoms with Crippen LogP contribution in [0, 0.1) is 17.2 Å². The molecule has 7 heteroatoms. The molecule has 2 aliphatic rings. The van der Waals surface area contributed by atoms with Crippen LogP contribution in [0.1, 0.15) is 30.4 Å². The number of ether oxygens (including phenoxy) is 2. The van der Waals surface area contributed by atoms with E-state index in [1.165, 1.54) is 5.56 Å². The van der Waals surface area contributed by atoms with Crippen LogP contribution in [0.4, 0.5) is 10.5 Å². The van der Waals surface area contributed by atoms with E-state index in [9.17, 15) is 4.79 Å². The van der Waals surface area contributed by atoms with Crippen LogP contribution in [0.25, 0.3) is 0 Å². The molecule has 7 nitrogen and oxygen atoms in total. The topological polar surface area (TPSA) is 86.6 Å². The number of hydrogen-bond donors (Lipinski definition) is 2. The summed E-state index contributed by atoms with van der Waals surface area (Å²) in [6.45, 7) is 1.99. The molecule has 3 atom stereocenters. The molecule has 2 fully saturated rings. The number of rotatable bonds is 5. The van der Waals surface area contributed by atoms with E-state index in [1.807, 2.05) is 6.07 Å². The zero-order valence-corrected chi connectivity index (χ0v) is 18.9. The highest BCUT2D eigenvalue weighted by Gasteiger charge is 2.50. The average Bonchev–Trinajstić information content (AvgIpc) is 3.14. The lowest BCUT2D eigenvalue weighted by molar-refractivity contribution is 0.197. The van der Waals surface area contributed by atoms with Crippen LogP contribution in [-0.2, 0) is 5.41 Å². The zero-order chi connectivity index (χ0) is 22.7. The summed E-state index contributed by atoms with van der Waals surface area (Å²) >= 11 is 0. The lowest BCUT2D eigenvalue weighted by Gasteiger charge is -2.42. The minimum absolute atomic E-state index is 0.0457. The van der Waals surface area contributed by atoms with Crippen molar-refractivity contribution < 1.29 is 14.3 Å². The summed E-state index contributed by atoms with van der Waals surface area (Å²) in [6, 6.07) is 15.2. The van der Waals surface area contributed by atoms with Gasteiger partial charge in [0, 0.05) is 30.2 Å². The quantitative estimate of drug-likeness (QED) is 0.749. The Balaban J connectivity index is 1.47. The fourth-order valence-corrected chi connectivity index (χ4v) is 5.47. The molecular formula is C25H30N4O3. The highest BCUT2D eigenvalue weighted by molar-refractivity contribution is 5.89. The van der Waals surface area contributed by atoms with Gasteiger partial charge in [-0.3, -0.25) is 0 Å². The summed E-state index contributed by atoms with van der Waals surface area (Å²) in [5, 5.41) is 15.1. The number of carbonyl (C=O) groups is 1. The number of nitriles is 1. The first-order valence-corrected chi connectivity index (χ1v) is 11.0. The van der Waals surface area contributed by atoms with Crippen molar-refractivity contribution in [3.63, 3.8) is 0 Å². The number of likely N-dealkylation sites (tertiary alicyclic amines) is 1. The van der Waals surface area contributed by atoms with Crippen molar-refractivity contribution in [3.05, 3.63) is 53.6 Å². The third-order valence-corrected chi connectivity index (χ3v) is 6.92. The van der Waals surface area contributed by atoms with Crippen LogP contribution in [0.15, 0.2) is 42.5 Å². The number of nitrogens with zero attached hydrogens (tertiary/aromatic N) is 2. The third kappa shape index (κ3) is 4.23. The molecule has 4 rings (SSSR count). The lowest BCUT2D eigenvalue weighted by Crippen LogP contribution is -2.48. The van der Waals surface area contributed by atoms with E-state index in [1.54, 1.807) is 38.5 Å². The van der Waals surface area contributed by atoms with Gasteiger partial charge in [0.1, 0.15) is 0 Å². The van der Waals surface area contributed by atoms with Gasteiger partial charge >= 0.3 is 6.03 Å². The van der Waals surface area contributed by atoms with Crippen LogP contribution in [-0.4, -0.2) is 51.3 Å². The van der Waals surface area contributed by atoms with Gasteiger partial charge in [-0.25, -0.2) is 4.79 Å². The number of urea groups is 1. The first kappa shape index (κ1) is 22.0. The molecule has 2 N–H and O–H groups in total. The largest absolute Gasteiger partial charge is 0.493 e. The highest BCUT2D eigenvalue weighted by atomic mass is 16.5. The van der Waals surface area contributed by atoms with E-state index in [4.69, 9.17) is 14.7 Å². The molecule has 168 valence electrons. The predicted octanol–water partition coefficient (Wildman–Crippen LogP) is 3.75. The Morgan fingerprint density at radius 3 is 2.75 bits per heavy atom. The van der Waals surface area contributed by atoms with Crippen molar-refractivity contribution in [1.82, 2.24) is 10.2 Å². The van der Waals surface area contributed by atoms with Gasteiger partial charge in [-0.15, -0.1) is 0 Å². The van der Waals surface area contributed by atoms with E-state index >= 15 is 0 Å². The Hall–Kier alpha value is -3.24. The Morgan fingerprint density at radius 2 is 2.00 bits per heavy atom. The minimum atomic E-state index is -0.227. The van der Waals surface area contributed by atoms with Gasteiger partial charge < -0.3 is 25.0 Å². The molecule has 0 radical (unpaired) electrons. The van der Waals surface area contributed by atoms with E-state index in [0.717, 1.165) is 43.9 Å². The monoisotopic (exact) mass is 434 g/mol. The summed E-state index contributed by atoms with van der Waals surface area (Å²) < 4.78 is 11.0. The molecule has 0 aromatic heterocycles. The number of hydrogen-bond acceptors (Lipinski definition) is 5. The van der Waals surface area contributed by atoms with E-state index in [-0.39, 0.29) is 17.5 Å². The zero-order valence-electron chi connectivity index (χ0n) is 18.9. The maximum absolute atomic E-state index is 12.6. The number of anilines is 1. The number of methoxy groups -OCH3 is 2. The fraction of sp³-hybridized carbons (Fsp3) is 0.440. The van der Waals surface area contributed by atoms with E-state index in [2.05, 4.69) is 40.8 Å². The molecule has 1 saturated carbocycles. The van der Waals surface area contributed by atoms with Crippen molar-refractivity contribution in [2.24, 2.45) is 5.92 Å². The van der Waals surface area contributed by atoms with Crippen molar-refractivity contribution in [2.45, 2.75) is 30.7 Å². The molecule has 0 unspecified atom stereocenters. The van der Waals surface area contributed by atoms with Gasteiger partial charge in [0.15, 0.2) is 11.5 Å². The lowest BCUT2D eigenvalue weighted by atomic mass is 9.63. The molecule has 0 spiro atoms. The second-order valence-corrected chi connectivity index (χ2v) is 8.88. The summed E-state index contributed by atoms with van der Waals surface area (Å²) in [5.74, 6) is 1.93. The summed E-state index contributed by atoms with van der Waals surface area (Å²) in [5.41, 5.74) is 2.47. The maximum atomic E-state index is 12.6. The number of fused-ring (bicyclic) bond motifs is 1. The molecule has 0 bridgehead atoms. The molecule has 2 amide bonds. The number of amides is 2. The van der Waals surface area contributed by atoms with Crippen LogP contribution in [0.3, 0.4) is 0 Å². The van der Waals surface area contributed by atoms with Crippen LogP contribution < -0.4 is 20.1 Å². The second-order valence-electron chi connectivity index (χ2n) is 8.88. The number of nitrogens with one attached hydrogen (secondary N) is 2. The van der Waals surface area contributed by atoms with Crippen LogP contribution >= 0.6 is 0 Å². The van der Waals surface area contributed by atoms with Crippen LogP contribution in [0.5, 0.6) is 11.5 Å². The summed E-state index contributed by atoms with van der Waals surface area (Å²) in [4.78, 5) is 15.0. The Morgan fingerprint density at radius 1 is 1.19 bits per heavy atom. The van der Waals surface area contributed by atoms with Gasteiger partial charge in [0.05, 0.1) is 25.9 Å². The standard InChI is InChI=1S/C25H30N4O3/c1-29-15-19-12-21(28-24(30)27-20-6-4-5-17(11-20)14-26)9-10-25(19,16-29)18-7-8-22(31-2)23(13-18)32-3/h4-8,11,13,19,21H,9-10,12,15-16H2,1-3H3,(H2,27,28,30)/t19-,21-,25+/m1/s1. The number of benzene rings is 2. The van der Waals surface area contributed by atoms with Crippen molar-refractivity contribution in [1.29, 1.82) is 5.26 Å². The van der Waals surface area contributed by atoms with E-state index in [0.29, 0.717) is 17.2 Å². The molecular weight excluding hydrogens is 404 g/mol. The SMILES string of the molecule is COc1ccc([C@@]23CC[C@@H](NC(=O)Nc4cccc(C#N)c4)C[C@@H]2CN(C)C3)cc1OC.